The van der Waals surface area contributed by atoms with Crippen LogP contribution in [0.3, 0.4) is 0 Å². The molecule has 0 saturated carbocycles. The summed E-state index contributed by atoms with van der Waals surface area (Å²) < 4.78 is 0. The molecule has 0 aliphatic rings. The average molecular weight is 247 g/mol. The van der Waals surface area contributed by atoms with Gasteiger partial charge in [0, 0.05) is 24.4 Å². The Labute approximate surface area is 104 Å². The normalized spacial score (nSPS) is 10.5. The van der Waals surface area contributed by atoms with Gasteiger partial charge >= 0.3 is 0 Å². The standard InChI is InChI=1S/C11H13N5S/c1-3-8-15-10(12)7(2)11(16-8)17-9-6-13-4-5-14-9/h4-6H,3H2,1-2H3,(H2,12,15,16). The summed E-state index contributed by atoms with van der Waals surface area (Å²) in [6, 6.07) is 0. The molecule has 2 aromatic heterocycles. The van der Waals surface area contributed by atoms with Gasteiger partial charge in [-0.3, -0.25) is 4.98 Å². The van der Waals surface area contributed by atoms with E-state index in [4.69, 9.17) is 5.73 Å². The molecule has 0 aliphatic carbocycles. The fourth-order valence-electron chi connectivity index (χ4n) is 1.25. The Balaban J connectivity index is 2.35. The maximum Gasteiger partial charge on any atom is 0.131 e. The number of aromatic nitrogens is 4. The van der Waals surface area contributed by atoms with Gasteiger partial charge in [0.1, 0.15) is 21.7 Å². The Kier molecular flexibility index (Phi) is 3.53. The number of nitrogen functional groups attached to an aromatic ring is 1. The van der Waals surface area contributed by atoms with Crippen LogP contribution in [0.25, 0.3) is 0 Å². The third-order valence-electron chi connectivity index (χ3n) is 2.24. The second-order valence-electron chi connectivity index (χ2n) is 3.45. The van der Waals surface area contributed by atoms with Gasteiger partial charge in [-0.25, -0.2) is 15.0 Å². The molecule has 0 fully saturated rings. The molecule has 0 saturated heterocycles. The van der Waals surface area contributed by atoms with Crippen molar-refractivity contribution in [1.82, 2.24) is 19.9 Å². The van der Waals surface area contributed by atoms with E-state index in [0.29, 0.717) is 5.82 Å². The van der Waals surface area contributed by atoms with Crippen LogP contribution in [0.1, 0.15) is 18.3 Å². The van der Waals surface area contributed by atoms with Crippen LogP contribution in [0, 0.1) is 6.92 Å². The molecule has 88 valence electrons. The van der Waals surface area contributed by atoms with Gasteiger partial charge in [0.25, 0.3) is 0 Å². The highest BCUT2D eigenvalue weighted by Gasteiger charge is 2.10. The Morgan fingerprint density at radius 1 is 1.29 bits per heavy atom. The third kappa shape index (κ3) is 2.71. The molecule has 2 rings (SSSR count). The summed E-state index contributed by atoms with van der Waals surface area (Å²) in [6.07, 6.45) is 5.76. The van der Waals surface area contributed by atoms with Crippen molar-refractivity contribution in [3.8, 4) is 0 Å². The first-order valence-electron chi connectivity index (χ1n) is 5.27. The van der Waals surface area contributed by atoms with Crippen molar-refractivity contribution in [3.05, 3.63) is 30.0 Å². The summed E-state index contributed by atoms with van der Waals surface area (Å²) in [6.45, 7) is 3.91. The van der Waals surface area contributed by atoms with Crippen LogP contribution in [0.4, 0.5) is 5.82 Å². The molecule has 5 nitrogen and oxygen atoms in total. The van der Waals surface area contributed by atoms with E-state index in [9.17, 15) is 0 Å². The summed E-state index contributed by atoms with van der Waals surface area (Å²) in [5.41, 5.74) is 6.74. The molecular formula is C11H13N5S. The molecule has 0 unspecified atom stereocenters. The SMILES string of the molecule is CCc1nc(N)c(C)c(Sc2cnccn2)n1. The second-order valence-corrected chi connectivity index (χ2v) is 4.46. The van der Waals surface area contributed by atoms with Gasteiger partial charge < -0.3 is 5.73 Å². The van der Waals surface area contributed by atoms with Crippen LogP contribution in [-0.4, -0.2) is 19.9 Å². The van der Waals surface area contributed by atoms with Gasteiger partial charge in [0.2, 0.25) is 0 Å². The topological polar surface area (TPSA) is 77.6 Å². The Morgan fingerprint density at radius 2 is 2.12 bits per heavy atom. The monoisotopic (exact) mass is 247 g/mol. The quantitative estimate of drug-likeness (QED) is 0.834. The molecular weight excluding hydrogens is 234 g/mol. The van der Waals surface area contributed by atoms with Crippen molar-refractivity contribution in [1.29, 1.82) is 0 Å². The molecule has 6 heteroatoms. The molecule has 0 spiro atoms. The summed E-state index contributed by atoms with van der Waals surface area (Å²) in [7, 11) is 0. The number of hydrogen-bond acceptors (Lipinski definition) is 6. The highest BCUT2D eigenvalue weighted by Crippen LogP contribution is 2.28. The summed E-state index contributed by atoms with van der Waals surface area (Å²) in [5.74, 6) is 1.28. The minimum Gasteiger partial charge on any atom is -0.383 e. The molecule has 0 aliphatic heterocycles. The molecule has 0 aromatic carbocycles. The second kappa shape index (κ2) is 5.09. The molecule has 0 amide bonds. The van der Waals surface area contributed by atoms with Crippen LogP contribution >= 0.6 is 11.8 Å². The fraction of sp³-hybridized carbons (Fsp3) is 0.273. The third-order valence-corrected chi connectivity index (χ3v) is 3.25. The van der Waals surface area contributed by atoms with Crippen LogP contribution < -0.4 is 5.73 Å². The lowest BCUT2D eigenvalue weighted by Crippen LogP contribution is -2.03. The minimum atomic E-state index is 0.531. The predicted octanol–water partition coefficient (Wildman–Crippen LogP) is 1.87. The maximum atomic E-state index is 5.85. The number of nitrogens with zero attached hydrogens (tertiary/aromatic N) is 4. The van der Waals surface area contributed by atoms with E-state index in [-0.39, 0.29) is 0 Å². The summed E-state index contributed by atoms with van der Waals surface area (Å²) in [5, 5.41) is 1.64. The zero-order valence-corrected chi connectivity index (χ0v) is 10.5. The molecule has 2 N–H and O–H groups in total. The van der Waals surface area contributed by atoms with Crippen LogP contribution in [0.15, 0.2) is 28.6 Å². The van der Waals surface area contributed by atoms with Crippen molar-refractivity contribution in [2.75, 3.05) is 5.73 Å². The molecule has 2 aromatic rings. The van der Waals surface area contributed by atoms with Gasteiger partial charge in [-0.2, -0.15) is 0 Å². The zero-order chi connectivity index (χ0) is 12.3. The van der Waals surface area contributed by atoms with Crippen molar-refractivity contribution in [2.45, 2.75) is 30.3 Å². The number of anilines is 1. The van der Waals surface area contributed by atoms with Gasteiger partial charge in [-0.15, -0.1) is 0 Å². The first kappa shape index (κ1) is 11.8. The van der Waals surface area contributed by atoms with E-state index in [1.54, 1.807) is 18.6 Å². The Morgan fingerprint density at radius 3 is 2.76 bits per heavy atom. The number of aryl methyl sites for hydroxylation is 1. The average Bonchev–Trinajstić information content (AvgIpc) is 2.36. The smallest absolute Gasteiger partial charge is 0.131 e. The zero-order valence-electron chi connectivity index (χ0n) is 9.71. The highest BCUT2D eigenvalue weighted by atomic mass is 32.2. The Bertz CT molecular complexity index is 515. The number of nitrogens with two attached hydrogens (primary N) is 1. The van der Waals surface area contributed by atoms with Gasteiger partial charge in [-0.1, -0.05) is 6.92 Å². The Hall–Kier alpha value is -1.69. The van der Waals surface area contributed by atoms with Gasteiger partial charge in [0.15, 0.2) is 0 Å². The van der Waals surface area contributed by atoms with Crippen molar-refractivity contribution < 1.29 is 0 Å². The van der Waals surface area contributed by atoms with Crippen molar-refractivity contribution >= 4 is 17.6 Å². The summed E-state index contributed by atoms with van der Waals surface area (Å²) in [4.78, 5) is 16.9. The van der Waals surface area contributed by atoms with Crippen LogP contribution in [-0.2, 0) is 6.42 Å². The molecule has 0 atom stereocenters. The maximum absolute atomic E-state index is 5.85. The largest absolute Gasteiger partial charge is 0.383 e. The van der Waals surface area contributed by atoms with Crippen molar-refractivity contribution in [3.63, 3.8) is 0 Å². The minimum absolute atomic E-state index is 0.531. The number of rotatable bonds is 3. The molecule has 17 heavy (non-hydrogen) atoms. The van der Waals surface area contributed by atoms with Crippen LogP contribution in [0.5, 0.6) is 0 Å². The van der Waals surface area contributed by atoms with Crippen LogP contribution in [0.2, 0.25) is 0 Å². The molecule has 2 heterocycles. The predicted molar refractivity (Wildman–Crippen MR) is 66.7 cm³/mol. The van der Waals surface area contributed by atoms with E-state index >= 15 is 0 Å². The van der Waals surface area contributed by atoms with E-state index in [2.05, 4.69) is 19.9 Å². The molecule has 0 radical (unpaired) electrons. The number of hydrogen-bond donors (Lipinski definition) is 1. The first-order chi connectivity index (χ1) is 8.20. The van der Waals surface area contributed by atoms with Gasteiger partial charge in [-0.05, 0) is 18.7 Å². The van der Waals surface area contributed by atoms with E-state index in [0.717, 1.165) is 27.9 Å². The van der Waals surface area contributed by atoms with Gasteiger partial charge in [0.05, 0.1) is 6.20 Å². The fourth-order valence-corrected chi connectivity index (χ4v) is 2.09. The highest BCUT2D eigenvalue weighted by molar-refractivity contribution is 7.99. The van der Waals surface area contributed by atoms with E-state index < -0.39 is 0 Å². The van der Waals surface area contributed by atoms with Crippen molar-refractivity contribution in [2.24, 2.45) is 0 Å². The summed E-state index contributed by atoms with van der Waals surface area (Å²) >= 11 is 1.45. The molecule has 0 bridgehead atoms. The van der Waals surface area contributed by atoms with E-state index in [1.165, 1.54) is 11.8 Å². The lowest BCUT2D eigenvalue weighted by atomic mass is 10.3. The lowest BCUT2D eigenvalue weighted by Gasteiger charge is -2.07. The lowest BCUT2D eigenvalue weighted by molar-refractivity contribution is 0.876. The van der Waals surface area contributed by atoms with E-state index in [1.807, 2.05) is 13.8 Å². The first-order valence-corrected chi connectivity index (χ1v) is 6.09.